The molecule has 0 spiro atoms. The van der Waals surface area contributed by atoms with E-state index >= 15 is 0 Å². The van der Waals surface area contributed by atoms with Gasteiger partial charge in [0.15, 0.2) is 10.4 Å². The van der Waals surface area contributed by atoms with Crippen LogP contribution in [0.1, 0.15) is 0 Å². The number of H-pyrrole nitrogens is 1. The molecule has 0 aliphatic carbocycles. The average molecular weight is 310 g/mol. The van der Waals surface area contributed by atoms with Crippen LogP contribution in [0.2, 0.25) is 5.02 Å². The van der Waals surface area contributed by atoms with E-state index in [1.807, 2.05) is 0 Å². The van der Waals surface area contributed by atoms with Crippen LogP contribution in [0, 0.1) is 10.6 Å². The number of nitrogens with zero attached hydrogens (tertiary/aromatic N) is 2. The van der Waals surface area contributed by atoms with Crippen LogP contribution in [-0.2, 0) is 0 Å². The molecule has 0 unspecified atom stereocenters. The van der Waals surface area contributed by atoms with Crippen molar-refractivity contribution < 1.29 is 9.13 Å². The van der Waals surface area contributed by atoms with Gasteiger partial charge in [0, 0.05) is 11.1 Å². The third-order valence-corrected chi connectivity index (χ3v) is 3.39. The van der Waals surface area contributed by atoms with Gasteiger partial charge in [-0.05, 0) is 36.5 Å². The fourth-order valence-electron chi connectivity index (χ4n) is 1.97. The minimum Gasteiger partial charge on any atom is -0.481 e. The highest BCUT2D eigenvalue weighted by molar-refractivity contribution is 7.71. The average Bonchev–Trinajstić information content (AvgIpc) is 2.74. The van der Waals surface area contributed by atoms with Gasteiger partial charge in [0.2, 0.25) is 5.88 Å². The van der Waals surface area contributed by atoms with Crippen LogP contribution >= 0.6 is 23.8 Å². The molecule has 7 heteroatoms. The molecular formula is C13H9ClFN3OS. The number of halogens is 2. The summed E-state index contributed by atoms with van der Waals surface area (Å²) in [5, 5.41) is 0.322. The number of hydrogen-bond donors (Lipinski definition) is 1. The Morgan fingerprint density at radius 2 is 2.15 bits per heavy atom. The van der Waals surface area contributed by atoms with Crippen LogP contribution in [0.25, 0.3) is 16.9 Å². The van der Waals surface area contributed by atoms with Gasteiger partial charge in [-0.25, -0.2) is 4.39 Å². The van der Waals surface area contributed by atoms with Crippen molar-refractivity contribution in [3.8, 4) is 11.6 Å². The molecule has 0 saturated carbocycles. The van der Waals surface area contributed by atoms with Crippen molar-refractivity contribution in [1.29, 1.82) is 0 Å². The summed E-state index contributed by atoms with van der Waals surface area (Å²) in [7, 11) is 1.52. The number of aromatic amines is 1. The number of methoxy groups -OCH3 is 1. The normalized spacial score (nSPS) is 10.9. The maximum Gasteiger partial charge on any atom is 0.215 e. The molecule has 0 aliphatic rings. The van der Waals surface area contributed by atoms with Crippen LogP contribution in [0.15, 0.2) is 30.3 Å². The second-order valence-electron chi connectivity index (χ2n) is 4.09. The van der Waals surface area contributed by atoms with E-state index in [1.54, 1.807) is 24.3 Å². The molecule has 0 atom stereocenters. The molecule has 2 heterocycles. The Hall–Kier alpha value is -1.92. The van der Waals surface area contributed by atoms with E-state index in [0.717, 1.165) is 0 Å². The van der Waals surface area contributed by atoms with Crippen molar-refractivity contribution in [1.82, 2.24) is 14.5 Å². The van der Waals surface area contributed by atoms with Gasteiger partial charge in [-0.3, -0.25) is 4.57 Å². The van der Waals surface area contributed by atoms with Crippen LogP contribution in [-0.4, -0.2) is 21.6 Å². The van der Waals surface area contributed by atoms with Gasteiger partial charge in [-0.15, -0.1) is 0 Å². The highest BCUT2D eigenvalue weighted by Crippen LogP contribution is 2.24. The number of pyridine rings is 1. The van der Waals surface area contributed by atoms with Crippen molar-refractivity contribution in [2.75, 3.05) is 7.11 Å². The molecule has 2 aromatic heterocycles. The predicted molar refractivity (Wildman–Crippen MR) is 77.8 cm³/mol. The Morgan fingerprint density at radius 1 is 1.35 bits per heavy atom. The lowest BCUT2D eigenvalue weighted by molar-refractivity contribution is 0.399. The number of aromatic nitrogens is 3. The zero-order valence-corrected chi connectivity index (χ0v) is 11.9. The van der Waals surface area contributed by atoms with E-state index < -0.39 is 5.82 Å². The monoisotopic (exact) mass is 309 g/mol. The van der Waals surface area contributed by atoms with Gasteiger partial charge in [0.25, 0.3) is 0 Å². The summed E-state index contributed by atoms with van der Waals surface area (Å²) in [4.78, 5) is 7.28. The van der Waals surface area contributed by atoms with Crippen LogP contribution in [0.4, 0.5) is 4.39 Å². The van der Waals surface area contributed by atoms with Crippen molar-refractivity contribution in [2.45, 2.75) is 0 Å². The first-order chi connectivity index (χ1) is 9.60. The smallest absolute Gasteiger partial charge is 0.215 e. The third-order valence-electron chi connectivity index (χ3n) is 2.87. The van der Waals surface area contributed by atoms with E-state index in [4.69, 9.17) is 28.6 Å². The molecule has 1 aromatic carbocycles. The van der Waals surface area contributed by atoms with Crippen molar-refractivity contribution in [3.05, 3.63) is 45.9 Å². The number of fused-ring (bicyclic) bond motifs is 1. The van der Waals surface area contributed by atoms with Crippen LogP contribution in [0.5, 0.6) is 5.88 Å². The minimum atomic E-state index is -0.473. The fourth-order valence-corrected chi connectivity index (χ4v) is 2.42. The standard InChI is InChI=1S/C13H9ClFN3OS/c1-19-11-5-3-9-12(17-11)18(13(20)16-9)10-4-2-7(14)6-8(10)15/h2-6H,1H3,(H,16,20). The van der Waals surface area contributed by atoms with Gasteiger partial charge >= 0.3 is 0 Å². The predicted octanol–water partition coefficient (Wildman–Crippen LogP) is 3.88. The largest absolute Gasteiger partial charge is 0.481 e. The van der Waals surface area contributed by atoms with Crippen LogP contribution in [0.3, 0.4) is 0 Å². The van der Waals surface area contributed by atoms with E-state index in [9.17, 15) is 4.39 Å². The Labute approximate surface area is 123 Å². The lowest BCUT2D eigenvalue weighted by atomic mass is 10.3. The van der Waals surface area contributed by atoms with E-state index in [2.05, 4.69) is 9.97 Å². The molecule has 0 bridgehead atoms. The Morgan fingerprint density at radius 3 is 2.85 bits per heavy atom. The van der Waals surface area contributed by atoms with Crippen molar-refractivity contribution in [3.63, 3.8) is 0 Å². The number of hydrogen-bond acceptors (Lipinski definition) is 3. The first kappa shape index (κ1) is 13.1. The number of rotatable bonds is 2. The Bertz CT molecular complexity index is 858. The van der Waals surface area contributed by atoms with Gasteiger partial charge in [0.1, 0.15) is 5.82 Å². The second kappa shape index (κ2) is 4.88. The highest BCUT2D eigenvalue weighted by atomic mass is 35.5. The molecule has 0 saturated heterocycles. The second-order valence-corrected chi connectivity index (χ2v) is 4.91. The Kier molecular flexibility index (Phi) is 3.19. The van der Waals surface area contributed by atoms with E-state index in [0.29, 0.717) is 26.8 Å². The molecule has 20 heavy (non-hydrogen) atoms. The zero-order valence-electron chi connectivity index (χ0n) is 10.4. The molecule has 0 fully saturated rings. The molecular weight excluding hydrogens is 301 g/mol. The number of imidazole rings is 1. The molecule has 3 aromatic rings. The summed E-state index contributed by atoms with van der Waals surface area (Å²) >= 11 is 11.0. The minimum absolute atomic E-state index is 0.284. The summed E-state index contributed by atoms with van der Waals surface area (Å²) in [5.74, 6) is -0.0475. The summed E-state index contributed by atoms with van der Waals surface area (Å²) < 4.78 is 21.0. The number of ether oxygens (including phenoxy) is 1. The van der Waals surface area contributed by atoms with E-state index in [1.165, 1.54) is 17.7 Å². The molecule has 4 nitrogen and oxygen atoms in total. The molecule has 3 rings (SSSR count). The molecule has 0 amide bonds. The summed E-state index contributed by atoms with van der Waals surface area (Å²) in [5.41, 5.74) is 1.48. The van der Waals surface area contributed by atoms with Crippen LogP contribution < -0.4 is 4.74 Å². The van der Waals surface area contributed by atoms with Crippen molar-refractivity contribution in [2.24, 2.45) is 0 Å². The fraction of sp³-hybridized carbons (Fsp3) is 0.0769. The third kappa shape index (κ3) is 2.07. The SMILES string of the molecule is COc1ccc2[nH]c(=S)n(-c3ccc(Cl)cc3F)c2n1. The maximum atomic E-state index is 14.1. The molecule has 0 radical (unpaired) electrons. The maximum absolute atomic E-state index is 14.1. The molecule has 1 N–H and O–H groups in total. The lowest BCUT2D eigenvalue weighted by Gasteiger charge is -2.06. The van der Waals surface area contributed by atoms with Crippen molar-refractivity contribution >= 4 is 35.0 Å². The highest BCUT2D eigenvalue weighted by Gasteiger charge is 2.13. The Balaban J connectivity index is 2.34. The summed E-state index contributed by atoms with van der Waals surface area (Å²) in [6, 6.07) is 7.87. The van der Waals surface area contributed by atoms with Gasteiger partial charge in [-0.2, -0.15) is 4.98 Å². The molecule has 0 aliphatic heterocycles. The lowest BCUT2D eigenvalue weighted by Crippen LogP contribution is -1.99. The first-order valence-corrected chi connectivity index (χ1v) is 6.50. The summed E-state index contributed by atoms with van der Waals surface area (Å²) in [6.45, 7) is 0. The summed E-state index contributed by atoms with van der Waals surface area (Å²) in [6.07, 6.45) is 0. The topological polar surface area (TPSA) is 42.8 Å². The zero-order chi connectivity index (χ0) is 14.3. The van der Waals surface area contributed by atoms with Gasteiger partial charge in [0.05, 0.1) is 18.3 Å². The number of benzene rings is 1. The van der Waals surface area contributed by atoms with E-state index in [-0.39, 0.29) is 5.69 Å². The van der Waals surface area contributed by atoms with Gasteiger partial charge in [-0.1, -0.05) is 11.6 Å². The number of nitrogens with one attached hydrogen (secondary N) is 1. The van der Waals surface area contributed by atoms with Gasteiger partial charge < -0.3 is 9.72 Å². The first-order valence-electron chi connectivity index (χ1n) is 5.71. The molecule has 102 valence electrons. The quantitative estimate of drug-likeness (QED) is 0.730.